The van der Waals surface area contributed by atoms with Gasteiger partial charge >= 0.3 is 0 Å². The van der Waals surface area contributed by atoms with Crippen molar-refractivity contribution < 1.29 is 14.9 Å². The van der Waals surface area contributed by atoms with Gasteiger partial charge in [0.1, 0.15) is 6.04 Å². The number of carbonyl (C=O) groups is 2. The van der Waals surface area contributed by atoms with E-state index in [2.05, 4.69) is 48.6 Å². The second kappa shape index (κ2) is 9.11. The Labute approximate surface area is 165 Å². The van der Waals surface area contributed by atoms with E-state index in [0.29, 0.717) is 17.8 Å². The molecule has 0 heterocycles. The summed E-state index contributed by atoms with van der Waals surface area (Å²) < 4.78 is 0. The molecule has 0 fully saturated rings. The number of carbonyl (C=O) groups excluding carboxylic acids is 2. The summed E-state index contributed by atoms with van der Waals surface area (Å²) in [4.78, 5) is 23.8. The fraction of sp³-hybridized carbons (Fsp3) is 0.167. The van der Waals surface area contributed by atoms with Gasteiger partial charge in [-0.15, -0.1) is 0 Å². The molecular weight excluding hydrogens is 348 g/mol. The average molecular weight is 373 g/mol. The van der Waals surface area contributed by atoms with Crippen molar-refractivity contribution in [3.05, 3.63) is 101 Å². The maximum Gasteiger partial charge on any atom is 0.279 e. The maximum atomic E-state index is 12.4. The molecule has 0 spiro atoms. The van der Waals surface area contributed by atoms with Gasteiger partial charge in [-0.1, -0.05) is 60.2 Å². The Morgan fingerprint density at radius 2 is 1.46 bits per heavy atom. The van der Waals surface area contributed by atoms with Crippen LogP contribution in [-0.4, -0.2) is 18.2 Å². The topological polar surface area (TPSA) is 62.8 Å². The lowest BCUT2D eigenvalue weighted by Gasteiger charge is -2.17. The van der Waals surface area contributed by atoms with Crippen LogP contribution >= 0.6 is 0 Å². The standard InChI is InChI=1S/C24H24N2O2/c1-17-8-10-21(11-9-17)24(20-6-4-3-5-7-20)25-16-23(28)26-22-14-12-19(13-15-22)18(2)27/h3-15,24-25H,16H2,1-2H3,(H,26,28)/p+1/t24-/m0/s1. The Morgan fingerprint density at radius 3 is 2.07 bits per heavy atom. The molecule has 0 aliphatic carbocycles. The molecule has 0 radical (unpaired) electrons. The first-order chi connectivity index (χ1) is 13.5. The van der Waals surface area contributed by atoms with Gasteiger partial charge in [0.05, 0.1) is 0 Å². The zero-order valence-corrected chi connectivity index (χ0v) is 16.2. The number of ketones is 1. The second-order valence-electron chi connectivity index (χ2n) is 6.92. The fourth-order valence-corrected chi connectivity index (χ4v) is 3.12. The highest BCUT2D eigenvalue weighted by Gasteiger charge is 2.18. The van der Waals surface area contributed by atoms with Crippen molar-refractivity contribution >= 4 is 17.4 Å². The van der Waals surface area contributed by atoms with Gasteiger partial charge in [-0.2, -0.15) is 0 Å². The van der Waals surface area contributed by atoms with Crippen molar-refractivity contribution in [1.29, 1.82) is 0 Å². The monoisotopic (exact) mass is 373 g/mol. The quantitative estimate of drug-likeness (QED) is 0.623. The van der Waals surface area contributed by atoms with Gasteiger partial charge in [0.15, 0.2) is 12.3 Å². The third kappa shape index (κ3) is 5.15. The lowest BCUT2D eigenvalue weighted by Crippen LogP contribution is -2.87. The molecule has 3 N–H and O–H groups in total. The summed E-state index contributed by atoms with van der Waals surface area (Å²) in [7, 11) is 0. The van der Waals surface area contributed by atoms with E-state index in [1.54, 1.807) is 24.3 Å². The summed E-state index contributed by atoms with van der Waals surface area (Å²) in [5.74, 6) is -0.0707. The van der Waals surface area contributed by atoms with E-state index in [9.17, 15) is 9.59 Å². The zero-order chi connectivity index (χ0) is 19.9. The van der Waals surface area contributed by atoms with E-state index in [1.807, 2.05) is 23.5 Å². The van der Waals surface area contributed by atoms with E-state index in [4.69, 9.17) is 0 Å². The molecule has 0 aliphatic heterocycles. The van der Waals surface area contributed by atoms with Crippen LogP contribution in [0.1, 0.15) is 40.0 Å². The molecule has 4 heteroatoms. The van der Waals surface area contributed by atoms with Crippen LogP contribution < -0.4 is 10.6 Å². The number of rotatable bonds is 7. The van der Waals surface area contributed by atoms with Gasteiger partial charge < -0.3 is 10.6 Å². The first kappa shape index (κ1) is 19.5. The minimum atomic E-state index is -0.0800. The molecule has 3 rings (SSSR count). The summed E-state index contributed by atoms with van der Waals surface area (Å²) in [5.41, 5.74) is 4.85. The summed E-state index contributed by atoms with van der Waals surface area (Å²) in [6.45, 7) is 3.88. The van der Waals surface area contributed by atoms with Crippen LogP contribution in [0.4, 0.5) is 5.69 Å². The Bertz CT molecular complexity index is 933. The summed E-state index contributed by atoms with van der Waals surface area (Å²) in [6, 6.07) is 25.6. The van der Waals surface area contributed by atoms with Gasteiger partial charge in [0.2, 0.25) is 0 Å². The number of nitrogens with two attached hydrogens (primary N) is 1. The van der Waals surface area contributed by atoms with E-state index in [-0.39, 0.29) is 17.7 Å². The van der Waals surface area contributed by atoms with Crippen LogP contribution in [0.15, 0.2) is 78.9 Å². The minimum Gasteiger partial charge on any atom is -0.328 e. The average Bonchev–Trinajstić information content (AvgIpc) is 2.70. The highest BCUT2D eigenvalue weighted by atomic mass is 16.2. The van der Waals surface area contributed by atoms with Gasteiger partial charge in [0.25, 0.3) is 5.91 Å². The molecular formula is C24H25N2O2+. The predicted octanol–water partition coefficient (Wildman–Crippen LogP) is 3.49. The number of nitrogens with one attached hydrogen (secondary N) is 1. The molecule has 142 valence electrons. The van der Waals surface area contributed by atoms with Crippen molar-refractivity contribution in [2.45, 2.75) is 19.9 Å². The Morgan fingerprint density at radius 1 is 0.857 bits per heavy atom. The van der Waals surface area contributed by atoms with Gasteiger partial charge in [-0.05, 0) is 38.1 Å². The molecule has 0 saturated heterocycles. The Balaban J connectivity index is 1.68. The first-order valence-electron chi connectivity index (χ1n) is 9.38. The Kier molecular flexibility index (Phi) is 6.35. The molecule has 1 atom stereocenters. The minimum absolute atomic E-state index is 0.00927. The SMILES string of the molecule is CC(=O)c1ccc(NC(=O)C[NH2+][C@@H](c2ccccc2)c2ccc(C)cc2)cc1. The third-order valence-corrected chi connectivity index (χ3v) is 4.71. The summed E-state index contributed by atoms with van der Waals surface area (Å²) in [6.07, 6.45) is 0. The van der Waals surface area contributed by atoms with Crippen molar-refractivity contribution in [2.24, 2.45) is 0 Å². The van der Waals surface area contributed by atoms with Crippen molar-refractivity contribution in [3.63, 3.8) is 0 Å². The predicted molar refractivity (Wildman–Crippen MR) is 111 cm³/mol. The van der Waals surface area contributed by atoms with Crippen molar-refractivity contribution in [1.82, 2.24) is 0 Å². The number of Topliss-reactive ketones (excluding diaryl/α,β-unsaturated/α-hetero) is 1. The largest absolute Gasteiger partial charge is 0.328 e. The van der Waals surface area contributed by atoms with Gasteiger partial charge in [-0.25, -0.2) is 0 Å². The molecule has 3 aromatic rings. The van der Waals surface area contributed by atoms with Crippen LogP contribution in [0.5, 0.6) is 0 Å². The zero-order valence-electron chi connectivity index (χ0n) is 16.2. The van der Waals surface area contributed by atoms with Crippen LogP contribution in [0, 0.1) is 6.92 Å². The van der Waals surface area contributed by atoms with Crippen molar-refractivity contribution in [2.75, 3.05) is 11.9 Å². The molecule has 0 saturated carbocycles. The number of benzene rings is 3. The maximum absolute atomic E-state index is 12.4. The number of aryl methyl sites for hydroxylation is 1. The van der Waals surface area contributed by atoms with Gasteiger partial charge in [-0.3, -0.25) is 9.59 Å². The van der Waals surface area contributed by atoms with Crippen LogP contribution in [0.3, 0.4) is 0 Å². The first-order valence-corrected chi connectivity index (χ1v) is 9.38. The second-order valence-corrected chi connectivity index (χ2v) is 6.92. The molecule has 0 bridgehead atoms. The number of hydrogen-bond donors (Lipinski definition) is 2. The molecule has 3 aromatic carbocycles. The molecule has 1 amide bonds. The van der Waals surface area contributed by atoms with Crippen LogP contribution in [-0.2, 0) is 4.79 Å². The van der Waals surface area contributed by atoms with Crippen molar-refractivity contribution in [3.8, 4) is 0 Å². The normalized spacial score (nSPS) is 11.6. The number of anilines is 1. The smallest absolute Gasteiger partial charge is 0.279 e. The summed E-state index contributed by atoms with van der Waals surface area (Å²) in [5, 5.41) is 4.93. The third-order valence-electron chi connectivity index (χ3n) is 4.71. The number of quaternary nitrogens is 1. The highest BCUT2D eigenvalue weighted by Crippen LogP contribution is 2.18. The fourth-order valence-electron chi connectivity index (χ4n) is 3.12. The molecule has 4 nitrogen and oxygen atoms in total. The lowest BCUT2D eigenvalue weighted by molar-refractivity contribution is -0.676. The lowest BCUT2D eigenvalue weighted by atomic mass is 9.98. The molecule has 0 aliphatic rings. The van der Waals surface area contributed by atoms with Gasteiger partial charge in [0, 0.05) is 22.4 Å². The summed E-state index contributed by atoms with van der Waals surface area (Å²) >= 11 is 0. The van der Waals surface area contributed by atoms with Crippen LogP contribution in [0.2, 0.25) is 0 Å². The van der Waals surface area contributed by atoms with Crippen LogP contribution in [0.25, 0.3) is 0 Å². The van der Waals surface area contributed by atoms with E-state index >= 15 is 0 Å². The molecule has 0 unspecified atom stereocenters. The van der Waals surface area contributed by atoms with E-state index < -0.39 is 0 Å². The molecule has 28 heavy (non-hydrogen) atoms. The van der Waals surface area contributed by atoms with E-state index in [0.717, 1.165) is 11.1 Å². The Hall–Kier alpha value is -3.24. The number of amides is 1. The number of hydrogen-bond acceptors (Lipinski definition) is 2. The highest BCUT2D eigenvalue weighted by molar-refractivity contribution is 5.95. The molecule has 0 aromatic heterocycles. The van der Waals surface area contributed by atoms with E-state index in [1.165, 1.54) is 12.5 Å².